The molecule has 0 N–H and O–H groups in total. The zero-order chi connectivity index (χ0) is 12.4. The van der Waals surface area contributed by atoms with Crippen LogP contribution in [0.15, 0.2) is 46.9 Å². The van der Waals surface area contributed by atoms with Gasteiger partial charge in [0.05, 0.1) is 5.02 Å². The molecular formula is C13H7BrClIO. The molecule has 0 saturated carbocycles. The molecular weight excluding hydrogens is 414 g/mol. The quantitative estimate of drug-likeness (QED) is 0.496. The van der Waals surface area contributed by atoms with Crippen molar-refractivity contribution in [1.29, 1.82) is 0 Å². The highest BCUT2D eigenvalue weighted by molar-refractivity contribution is 14.1. The second-order valence-corrected chi connectivity index (χ2v) is 6.03. The highest BCUT2D eigenvalue weighted by atomic mass is 127. The number of carbonyl (C=O) groups is 1. The Morgan fingerprint density at radius 3 is 2.35 bits per heavy atom. The molecule has 0 aliphatic carbocycles. The zero-order valence-corrected chi connectivity index (χ0v) is 13.1. The highest BCUT2D eigenvalue weighted by Gasteiger charge is 2.12. The summed E-state index contributed by atoms with van der Waals surface area (Å²) in [5.74, 6) is -0.0566. The summed E-state index contributed by atoms with van der Waals surface area (Å²) in [6, 6.07) is 12.7. The molecule has 0 unspecified atom stereocenters. The number of benzene rings is 2. The molecule has 0 saturated heterocycles. The molecule has 17 heavy (non-hydrogen) atoms. The van der Waals surface area contributed by atoms with E-state index in [2.05, 4.69) is 38.5 Å². The Morgan fingerprint density at radius 2 is 1.76 bits per heavy atom. The van der Waals surface area contributed by atoms with Crippen LogP contribution < -0.4 is 0 Å². The molecule has 0 fully saturated rings. The van der Waals surface area contributed by atoms with Gasteiger partial charge in [0.1, 0.15) is 0 Å². The largest absolute Gasteiger partial charge is 0.289 e. The van der Waals surface area contributed by atoms with Crippen molar-refractivity contribution in [2.45, 2.75) is 0 Å². The third-order valence-corrected chi connectivity index (χ3v) is 3.81. The summed E-state index contributed by atoms with van der Waals surface area (Å²) in [5, 5.41) is 0.461. The summed E-state index contributed by atoms with van der Waals surface area (Å²) >= 11 is 11.6. The molecule has 0 heterocycles. The molecule has 0 bridgehead atoms. The first-order chi connectivity index (χ1) is 8.08. The van der Waals surface area contributed by atoms with Gasteiger partial charge in [0.25, 0.3) is 0 Å². The summed E-state index contributed by atoms with van der Waals surface area (Å²) in [4.78, 5) is 12.2. The Morgan fingerprint density at radius 1 is 1.12 bits per heavy atom. The average molecular weight is 421 g/mol. The normalized spacial score (nSPS) is 10.3. The van der Waals surface area contributed by atoms with Crippen LogP contribution in [-0.4, -0.2) is 5.78 Å². The monoisotopic (exact) mass is 420 g/mol. The Hall–Kier alpha value is -0.390. The molecule has 1 nitrogen and oxygen atoms in total. The minimum absolute atomic E-state index is 0.0566. The summed E-state index contributed by atoms with van der Waals surface area (Å²) in [7, 11) is 0. The lowest BCUT2D eigenvalue weighted by atomic mass is 10.0. The van der Waals surface area contributed by atoms with E-state index in [0.717, 1.165) is 8.04 Å². The zero-order valence-electron chi connectivity index (χ0n) is 8.58. The molecule has 0 spiro atoms. The number of ketones is 1. The van der Waals surface area contributed by atoms with Crippen molar-refractivity contribution in [3.63, 3.8) is 0 Å². The van der Waals surface area contributed by atoms with Crippen molar-refractivity contribution < 1.29 is 4.79 Å². The summed E-state index contributed by atoms with van der Waals surface area (Å²) < 4.78 is 1.96. The molecule has 2 rings (SSSR count). The molecule has 0 atom stereocenters. The summed E-state index contributed by atoms with van der Waals surface area (Å²) in [6.07, 6.45) is 0. The van der Waals surface area contributed by atoms with E-state index in [1.165, 1.54) is 0 Å². The molecule has 0 amide bonds. The van der Waals surface area contributed by atoms with E-state index in [1.54, 1.807) is 12.1 Å². The van der Waals surface area contributed by atoms with Gasteiger partial charge in [0.15, 0.2) is 5.78 Å². The molecule has 0 aliphatic rings. The van der Waals surface area contributed by atoms with Crippen LogP contribution >= 0.6 is 50.1 Å². The van der Waals surface area contributed by atoms with Crippen molar-refractivity contribution in [1.82, 2.24) is 0 Å². The predicted octanol–water partition coefficient (Wildman–Crippen LogP) is 4.94. The lowest BCUT2D eigenvalue weighted by molar-refractivity contribution is 0.103. The highest BCUT2D eigenvalue weighted by Crippen LogP contribution is 2.24. The van der Waals surface area contributed by atoms with Gasteiger partial charge >= 0.3 is 0 Å². The van der Waals surface area contributed by atoms with Gasteiger partial charge in [-0.05, 0) is 65.1 Å². The lowest BCUT2D eigenvalue weighted by Crippen LogP contribution is -2.01. The van der Waals surface area contributed by atoms with E-state index < -0.39 is 0 Å². The molecule has 86 valence electrons. The third kappa shape index (κ3) is 3.09. The van der Waals surface area contributed by atoms with Crippen molar-refractivity contribution >= 4 is 55.9 Å². The summed E-state index contributed by atoms with van der Waals surface area (Å²) in [5.41, 5.74) is 1.17. The Kier molecular flexibility index (Phi) is 4.22. The Bertz CT molecular complexity index is 566. The maximum Gasteiger partial charge on any atom is 0.194 e. The fourth-order valence-corrected chi connectivity index (χ4v) is 2.55. The SMILES string of the molecule is O=C(c1ccc(I)cc1)c1ccc(Br)cc1Cl. The second kappa shape index (κ2) is 5.50. The van der Waals surface area contributed by atoms with E-state index in [9.17, 15) is 4.79 Å². The third-order valence-electron chi connectivity index (χ3n) is 2.28. The number of carbonyl (C=O) groups excluding carboxylic acids is 1. The van der Waals surface area contributed by atoms with Gasteiger partial charge in [-0.25, -0.2) is 0 Å². The number of rotatable bonds is 2. The number of halogens is 3. The van der Waals surface area contributed by atoms with Crippen LogP contribution in [0.1, 0.15) is 15.9 Å². The number of hydrogen-bond acceptors (Lipinski definition) is 1. The Labute approximate surface area is 126 Å². The van der Waals surface area contributed by atoms with E-state index in [4.69, 9.17) is 11.6 Å². The smallest absolute Gasteiger partial charge is 0.194 e. The van der Waals surface area contributed by atoms with Crippen LogP contribution in [0.4, 0.5) is 0 Å². The Balaban J connectivity index is 2.40. The first kappa shape index (κ1) is 13.1. The van der Waals surface area contributed by atoms with Gasteiger partial charge in [0.2, 0.25) is 0 Å². The van der Waals surface area contributed by atoms with Crippen LogP contribution in [-0.2, 0) is 0 Å². The van der Waals surface area contributed by atoms with E-state index >= 15 is 0 Å². The topological polar surface area (TPSA) is 17.1 Å². The van der Waals surface area contributed by atoms with Gasteiger partial charge in [0, 0.05) is 19.2 Å². The molecule has 4 heteroatoms. The van der Waals surface area contributed by atoms with Crippen molar-refractivity contribution in [2.24, 2.45) is 0 Å². The van der Waals surface area contributed by atoms with Gasteiger partial charge < -0.3 is 0 Å². The summed E-state index contributed by atoms with van der Waals surface area (Å²) in [6.45, 7) is 0. The molecule has 2 aromatic carbocycles. The molecule has 0 radical (unpaired) electrons. The van der Waals surface area contributed by atoms with Gasteiger partial charge in [-0.15, -0.1) is 0 Å². The van der Waals surface area contributed by atoms with Crippen LogP contribution in [0.3, 0.4) is 0 Å². The average Bonchev–Trinajstić information content (AvgIpc) is 2.29. The fraction of sp³-hybridized carbons (Fsp3) is 0. The second-order valence-electron chi connectivity index (χ2n) is 3.46. The standard InChI is InChI=1S/C13H7BrClIO/c14-9-3-6-11(12(15)7-9)13(17)8-1-4-10(16)5-2-8/h1-7H. The number of hydrogen-bond donors (Lipinski definition) is 0. The maximum absolute atomic E-state index is 12.2. The van der Waals surface area contributed by atoms with Crippen LogP contribution in [0.2, 0.25) is 5.02 Å². The first-order valence-corrected chi connectivity index (χ1v) is 7.08. The first-order valence-electron chi connectivity index (χ1n) is 4.83. The van der Waals surface area contributed by atoms with Gasteiger partial charge in [-0.1, -0.05) is 27.5 Å². The minimum Gasteiger partial charge on any atom is -0.289 e. The predicted molar refractivity (Wildman–Crippen MR) is 81.7 cm³/mol. The minimum atomic E-state index is -0.0566. The lowest BCUT2D eigenvalue weighted by Gasteiger charge is -2.04. The molecule has 0 aromatic heterocycles. The maximum atomic E-state index is 12.2. The van der Waals surface area contributed by atoms with Crippen LogP contribution in [0.25, 0.3) is 0 Å². The van der Waals surface area contributed by atoms with Crippen molar-refractivity contribution in [2.75, 3.05) is 0 Å². The van der Waals surface area contributed by atoms with E-state index in [0.29, 0.717) is 16.1 Å². The molecule has 2 aromatic rings. The van der Waals surface area contributed by atoms with Crippen LogP contribution in [0, 0.1) is 3.57 Å². The van der Waals surface area contributed by atoms with E-state index in [1.807, 2.05) is 30.3 Å². The van der Waals surface area contributed by atoms with Crippen LogP contribution in [0.5, 0.6) is 0 Å². The van der Waals surface area contributed by atoms with E-state index in [-0.39, 0.29) is 5.78 Å². The van der Waals surface area contributed by atoms with Gasteiger partial charge in [-0.2, -0.15) is 0 Å². The van der Waals surface area contributed by atoms with Crippen molar-refractivity contribution in [3.05, 3.63) is 66.7 Å². The fourth-order valence-electron chi connectivity index (χ4n) is 1.43. The van der Waals surface area contributed by atoms with Crippen molar-refractivity contribution in [3.8, 4) is 0 Å². The molecule has 0 aliphatic heterocycles. The van der Waals surface area contributed by atoms with Gasteiger partial charge in [-0.3, -0.25) is 4.79 Å².